The van der Waals surface area contributed by atoms with E-state index in [-0.39, 0.29) is 4.88 Å². The van der Waals surface area contributed by atoms with Crippen LogP contribution in [0.4, 0.5) is 13.2 Å². The SMILES string of the molecule is O=C(c1ccc(Br)s1)C(F)(F)F. The number of halogens is 4. The largest absolute Gasteiger partial charge is 0.455 e. The van der Waals surface area contributed by atoms with E-state index in [9.17, 15) is 18.0 Å². The monoisotopic (exact) mass is 258 g/mol. The molecule has 0 bridgehead atoms. The molecule has 1 nitrogen and oxygen atoms in total. The van der Waals surface area contributed by atoms with E-state index in [4.69, 9.17) is 0 Å². The van der Waals surface area contributed by atoms with E-state index in [2.05, 4.69) is 15.9 Å². The van der Waals surface area contributed by atoms with E-state index in [1.807, 2.05) is 0 Å². The summed E-state index contributed by atoms with van der Waals surface area (Å²) in [6, 6.07) is 2.55. The first kappa shape index (κ1) is 9.73. The van der Waals surface area contributed by atoms with E-state index >= 15 is 0 Å². The van der Waals surface area contributed by atoms with Gasteiger partial charge in [-0.2, -0.15) is 13.2 Å². The van der Waals surface area contributed by atoms with Crippen LogP contribution in [-0.2, 0) is 0 Å². The number of alkyl halides is 3. The highest BCUT2D eigenvalue weighted by molar-refractivity contribution is 9.11. The molecule has 0 amide bonds. The average molecular weight is 259 g/mol. The molecule has 0 N–H and O–H groups in total. The number of carbonyl (C=O) groups is 1. The molecule has 1 aromatic rings. The Morgan fingerprint density at radius 2 is 2.00 bits per heavy atom. The lowest BCUT2D eigenvalue weighted by molar-refractivity contribution is -0.0882. The number of carbonyl (C=O) groups excluding carboxylic acids is 1. The molecule has 1 heterocycles. The zero-order chi connectivity index (χ0) is 9.35. The van der Waals surface area contributed by atoms with Crippen molar-refractivity contribution in [2.75, 3.05) is 0 Å². The normalized spacial score (nSPS) is 11.7. The molecule has 0 aliphatic carbocycles. The fourth-order valence-electron chi connectivity index (χ4n) is 0.576. The highest BCUT2D eigenvalue weighted by atomic mass is 79.9. The lowest BCUT2D eigenvalue weighted by Crippen LogP contribution is -2.21. The molecular formula is C6H2BrF3OS. The quantitative estimate of drug-likeness (QED) is 0.707. The zero-order valence-electron chi connectivity index (χ0n) is 5.48. The zero-order valence-corrected chi connectivity index (χ0v) is 7.89. The van der Waals surface area contributed by atoms with Gasteiger partial charge in [0.1, 0.15) is 0 Å². The second-order valence-electron chi connectivity index (χ2n) is 1.93. The summed E-state index contributed by atoms with van der Waals surface area (Å²) in [6.45, 7) is 0. The molecule has 12 heavy (non-hydrogen) atoms. The maximum Gasteiger partial charge on any atom is 0.455 e. The molecular weight excluding hydrogens is 257 g/mol. The van der Waals surface area contributed by atoms with Gasteiger partial charge in [-0.1, -0.05) is 0 Å². The first-order valence-corrected chi connectivity index (χ1v) is 4.39. The summed E-state index contributed by atoms with van der Waals surface area (Å²) in [5, 5.41) is 0. The Morgan fingerprint density at radius 1 is 1.42 bits per heavy atom. The number of thiophene rings is 1. The number of ketones is 1. The van der Waals surface area contributed by atoms with Crippen molar-refractivity contribution in [2.24, 2.45) is 0 Å². The lowest BCUT2D eigenvalue weighted by Gasteiger charge is -2.00. The Kier molecular flexibility index (Phi) is 2.58. The summed E-state index contributed by atoms with van der Waals surface area (Å²) in [5.74, 6) is -1.79. The molecule has 0 aromatic carbocycles. The fraction of sp³-hybridized carbons (Fsp3) is 0.167. The van der Waals surface area contributed by atoms with Crippen LogP contribution in [0.15, 0.2) is 15.9 Å². The number of hydrogen-bond acceptors (Lipinski definition) is 2. The van der Waals surface area contributed by atoms with Crippen LogP contribution in [0.2, 0.25) is 0 Å². The van der Waals surface area contributed by atoms with Crippen LogP contribution in [0.3, 0.4) is 0 Å². The predicted octanol–water partition coefficient (Wildman–Crippen LogP) is 3.26. The maximum absolute atomic E-state index is 11.8. The van der Waals surface area contributed by atoms with Crippen molar-refractivity contribution in [2.45, 2.75) is 6.18 Å². The minimum atomic E-state index is -4.77. The van der Waals surface area contributed by atoms with E-state index in [0.717, 1.165) is 17.4 Å². The molecule has 1 aromatic heterocycles. The summed E-state index contributed by atoms with van der Waals surface area (Å²) >= 11 is 3.74. The molecule has 6 heteroatoms. The van der Waals surface area contributed by atoms with Crippen molar-refractivity contribution in [3.63, 3.8) is 0 Å². The van der Waals surface area contributed by atoms with Crippen molar-refractivity contribution >= 4 is 33.0 Å². The maximum atomic E-state index is 11.8. The third-order valence-electron chi connectivity index (χ3n) is 1.05. The van der Waals surface area contributed by atoms with E-state index < -0.39 is 12.0 Å². The van der Waals surface area contributed by atoms with Crippen molar-refractivity contribution in [3.05, 3.63) is 20.8 Å². The molecule has 0 saturated carbocycles. The van der Waals surface area contributed by atoms with E-state index in [0.29, 0.717) is 3.79 Å². The highest BCUT2D eigenvalue weighted by Gasteiger charge is 2.39. The highest BCUT2D eigenvalue weighted by Crippen LogP contribution is 2.28. The third-order valence-corrected chi connectivity index (χ3v) is 2.68. The Hall–Kier alpha value is -0.360. The molecule has 0 spiro atoms. The molecule has 0 aliphatic rings. The van der Waals surface area contributed by atoms with Crippen LogP contribution >= 0.6 is 27.3 Å². The van der Waals surface area contributed by atoms with Gasteiger partial charge in [-0.25, -0.2) is 0 Å². The summed E-state index contributed by atoms with van der Waals surface area (Å²) in [5.41, 5.74) is 0. The van der Waals surface area contributed by atoms with Gasteiger partial charge < -0.3 is 0 Å². The van der Waals surface area contributed by atoms with Crippen molar-refractivity contribution < 1.29 is 18.0 Å². The first-order chi connectivity index (χ1) is 5.41. The first-order valence-electron chi connectivity index (χ1n) is 2.78. The Labute approximate surface area is 78.3 Å². The minimum Gasteiger partial charge on any atom is -0.283 e. The smallest absolute Gasteiger partial charge is 0.283 e. The standard InChI is InChI=1S/C6H2BrF3OS/c7-4-2-1-3(12-4)5(11)6(8,9)10/h1-2H. The minimum absolute atomic E-state index is 0.297. The summed E-state index contributed by atoms with van der Waals surface area (Å²) in [7, 11) is 0. The molecule has 0 atom stereocenters. The molecule has 0 fully saturated rings. The number of Topliss-reactive ketones (excluding diaryl/α,β-unsaturated/α-hetero) is 1. The van der Waals surface area contributed by atoms with Crippen molar-refractivity contribution in [1.82, 2.24) is 0 Å². The van der Waals surface area contributed by atoms with Gasteiger partial charge in [0, 0.05) is 0 Å². The molecule has 0 radical (unpaired) electrons. The van der Waals surface area contributed by atoms with Crippen LogP contribution in [0, 0.1) is 0 Å². The van der Waals surface area contributed by atoms with Crippen LogP contribution < -0.4 is 0 Å². The van der Waals surface area contributed by atoms with Gasteiger partial charge in [0.05, 0.1) is 8.66 Å². The van der Waals surface area contributed by atoms with Gasteiger partial charge in [-0.15, -0.1) is 11.3 Å². The van der Waals surface area contributed by atoms with E-state index in [1.165, 1.54) is 6.07 Å². The summed E-state index contributed by atoms with van der Waals surface area (Å²) in [4.78, 5) is 10.2. The Morgan fingerprint density at radius 3 is 2.33 bits per heavy atom. The van der Waals surface area contributed by atoms with Crippen molar-refractivity contribution in [3.8, 4) is 0 Å². The van der Waals surface area contributed by atoms with Gasteiger partial charge in [0.25, 0.3) is 5.78 Å². The van der Waals surface area contributed by atoms with Gasteiger partial charge in [-0.3, -0.25) is 4.79 Å². The van der Waals surface area contributed by atoms with Gasteiger partial charge >= 0.3 is 6.18 Å². The summed E-state index contributed by atoms with van der Waals surface area (Å²) < 4.78 is 35.9. The second kappa shape index (κ2) is 3.18. The molecule has 0 saturated heterocycles. The van der Waals surface area contributed by atoms with Crippen molar-refractivity contribution in [1.29, 1.82) is 0 Å². The summed E-state index contributed by atoms with van der Waals surface area (Å²) in [6.07, 6.45) is -4.77. The number of rotatable bonds is 1. The lowest BCUT2D eigenvalue weighted by atomic mass is 10.3. The van der Waals surface area contributed by atoms with Gasteiger partial charge in [0.15, 0.2) is 0 Å². The van der Waals surface area contributed by atoms with Crippen LogP contribution in [0.5, 0.6) is 0 Å². The van der Waals surface area contributed by atoms with E-state index in [1.54, 1.807) is 0 Å². The third kappa shape index (κ3) is 2.07. The second-order valence-corrected chi connectivity index (χ2v) is 4.39. The molecule has 66 valence electrons. The molecule has 0 aliphatic heterocycles. The Bertz CT molecular complexity index is 304. The molecule has 1 rings (SSSR count). The van der Waals surface area contributed by atoms with Gasteiger partial charge in [-0.05, 0) is 28.1 Å². The van der Waals surface area contributed by atoms with Gasteiger partial charge in [0.2, 0.25) is 0 Å². The number of hydrogen-bond donors (Lipinski definition) is 0. The predicted molar refractivity (Wildman–Crippen MR) is 42.4 cm³/mol. The van der Waals surface area contributed by atoms with Crippen LogP contribution in [0.25, 0.3) is 0 Å². The topological polar surface area (TPSA) is 17.1 Å². The van der Waals surface area contributed by atoms with Crippen LogP contribution in [-0.4, -0.2) is 12.0 Å². The Balaban J connectivity index is 2.93. The molecule has 0 unspecified atom stereocenters. The fourth-order valence-corrected chi connectivity index (χ4v) is 1.92. The average Bonchev–Trinajstić information content (AvgIpc) is 2.32. The van der Waals surface area contributed by atoms with Crippen LogP contribution in [0.1, 0.15) is 9.67 Å².